The van der Waals surface area contributed by atoms with Crippen LogP contribution in [0.1, 0.15) is 36.9 Å². The van der Waals surface area contributed by atoms with Gasteiger partial charge in [-0.15, -0.1) is 0 Å². The Kier molecular flexibility index (Phi) is 7.11. The van der Waals surface area contributed by atoms with Crippen molar-refractivity contribution in [2.24, 2.45) is 0 Å². The van der Waals surface area contributed by atoms with Gasteiger partial charge in [-0.3, -0.25) is 9.59 Å². The van der Waals surface area contributed by atoms with E-state index >= 15 is 0 Å². The first-order valence-electron chi connectivity index (χ1n) is 12.4. The standard InChI is InChI=1S/C28H29N3O6/c1-2-13-35-21-6-3-5-19(16-21)25-24(26(32)20-7-8-22-23(17-20)37-15-14-36-22)27(33)28(34)31(25)11-4-10-30-12-9-29-18-30/h3,5-9,12,16-18,25,32H,2,4,10-11,13-15H2,1H3/b26-24+/t25-/m1/s1. The number of ether oxygens (including phenoxy) is 3. The number of amides is 1. The van der Waals surface area contributed by atoms with Crippen LogP contribution < -0.4 is 14.2 Å². The Bertz CT molecular complexity index is 1320. The first-order valence-corrected chi connectivity index (χ1v) is 12.4. The maximum atomic E-state index is 13.3. The van der Waals surface area contributed by atoms with Crippen molar-refractivity contribution in [3.8, 4) is 17.2 Å². The van der Waals surface area contributed by atoms with Gasteiger partial charge in [0.25, 0.3) is 11.7 Å². The van der Waals surface area contributed by atoms with Crippen LogP contribution in [0.2, 0.25) is 0 Å². The number of likely N-dealkylation sites (tertiary alicyclic amines) is 1. The number of ketones is 1. The van der Waals surface area contributed by atoms with Crippen molar-refractivity contribution in [3.63, 3.8) is 0 Å². The molecule has 3 heterocycles. The number of hydrogen-bond donors (Lipinski definition) is 1. The van der Waals surface area contributed by atoms with Crippen LogP contribution in [-0.2, 0) is 16.1 Å². The molecule has 1 aromatic heterocycles. The number of rotatable bonds is 9. The highest BCUT2D eigenvalue weighted by molar-refractivity contribution is 6.46. The molecule has 0 bridgehead atoms. The number of aliphatic hydroxyl groups excluding tert-OH is 1. The highest BCUT2D eigenvalue weighted by Gasteiger charge is 2.46. The molecule has 37 heavy (non-hydrogen) atoms. The SMILES string of the molecule is CCCOc1cccc([C@@H]2/C(=C(\O)c3ccc4c(c3)OCCO4)C(=O)C(=O)N2CCCn2ccnc2)c1. The number of aliphatic hydroxyl groups is 1. The molecular formula is C28H29N3O6. The Balaban J connectivity index is 1.53. The van der Waals surface area contributed by atoms with Crippen molar-refractivity contribution in [3.05, 3.63) is 77.9 Å². The van der Waals surface area contributed by atoms with Gasteiger partial charge in [-0.05, 0) is 48.7 Å². The maximum Gasteiger partial charge on any atom is 0.295 e. The second kappa shape index (κ2) is 10.8. The van der Waals surface area contributed by atoms with Gasteiger partial charge >= 0.3 is 0 Å². The normalized spacial score (nSPS) is 18.3. The summed E-state index contributed by atoms with van der Waals surface area (Å²) in [5.74, 6) is 0.0750. The van der Waals surface area contributed by atoms with E-state index in [-0.39, 0.29) is 11.3 Å². The molecule has 1 fully saturated rings. The van der Waals surface area contributed by atoms with Gasteiger partial charge in [0.1, 0.15) is 24.7 Å². The Morgan fingerprint density at radius 2 is 1.95 bits per heavy atom. The summed E-state index contributed by atoms with van der Waals surface area (Å²) < 4.78 is 19.0. The minimum atomic E-state index is -0.763. The second-order valence-electron chi connectivity index (χ2n) is 8.93. The van der Waals surface area contributed by atoms with Crippen LogP contribution in [0, 0.1) is 0 Å². The lowest BCUT2D eigenvalue weighted by molar-refractivity contribution is -0.139. The van der Waals surface area contributed by atoms with Crippen molar-refractivity contribution in [2.75, 3.05) is 26.4 Å². The predicted octanol–water partition coefficient (Wildman–Crippen LogP) is 3.96. The quantitative estimate of drug-likeness (QED) is 0.268. The third-order valence-electron chi connectivity index (χ3n) is 6.38. The summed E-state index contributed by atoms with van der Waals surface area (Å²) in [7, 11) is 0. The Morgan fingerprint density at radius 1 is 1.11 bits per heavy atom. The van der Waals surface area contributed by atoms with Gasteiger partial charge in [0.05, 0.1) is 24.5 Å². The fraction of sp³-hybridized carbons (Fsp3) is 0.321. The summed E-state index contributed by atoms with van der Waals surface area (Å²) in [5, 5.41) is 11.4. The highest BCUT2D eigenvalue weighted by Crippen LogP contribution is 2.41. The minimum absolute atomic E-state index is 0.0388. The number of carbonyl (C=O) groups is 2. The third-order valence-corrected chi connectivity index (χ3v) is 6.38. The van der Waals surface area contributed by atoms with Gasteiger partial charge in [0.15, 0.2) is 11.5 Å². The zero-order chi connectivity index (χ0) is 25.8. The Labute approximate surface area is 214 Å². The van der Waals surface area contributed by atoms with E-state index in [9.17, 15) is 14.7 Å². The van der Waals surface area contributed by atoms with Crippen LogP contribution in [-0.4, -0.2) is 57.6 Å². The second-order valence-corrected chi connectivity index (χ2v) is 8.93. The molecule has 0 saturated carbocycles. The maximum absolute atomic E-state index is 13.3. The van der Waals surface area contributed by atoms with Crippen LogP contribution >= 0.6 is 0 Å². The number of fused-ring (bicyclic) bond motifs is 1. The minimum Gasteiger partial charge on any atom is -0.507 e. The molecule has 5 rings (SSSR count). The predicted molar refractivity (Wildman–Crippen MR) is 136 cm³/mol. The molecule has 2 aromatic carbocycles. The van der Waals surface area contributed by atoms with E-state index in [2.05, 4.69) is 4.98 Å². The lowest BCUT2D eigenvalue weighted by atomic mass is 9.95. The van der Waals surface area contributed by atoms with Crippen LogP contribution in [0.4, 0.5) is 0 Å². The van der Waals surface area contributed by atoms with Crippen LogP contribution in [0.3, 0.4) is 0 Å². The van der Waals surface area contributed by atoms with E-state index < -0.39 is 17.7 Å². The smallest absolute Gasteiger partial charge is 0.295 e. The summed E-state index contributed by atoms with van der Waals surface area (Å²) in [6.07, 6.45) is 6.71. The van der Waals surface area contributed by atoms with E-state index in [1.807, 2.05) is 42.0 Å². The molecule has 3 aromatic rings. The molecule has 192 valence electrons. The van der Waals surface area contributed by atoms with E-state index in [0.29, 0.717) is 67.7 Å². The van der Waals surface area contributed by atoms with Gasteiger partial charge in [0.2, 0.25) is 0 Å². The number of benzene rings is 2. The lowest BCUT2D eigenvalue weighted by Crippen LogP contribution is -2.31. The van der Waals surface area contributed by atoms with Crippen LogP contribution in [0.5, 0.6) is 17.2 Å². The van der Waals surface area contributed by atoms with Gasteiger partial charge < -0.3 is 28.8 Å². The number of Topliss-reactive ketones (excluding diaryl/α,β-unsaturated/α-hetero) is 1. The molecule has 1 N–H and O–H groups in total. The molecule has 1 amide bonds. The van der Waals surface area contributed by atoms with E-state index in [0.717, 1.165) is 6.42 Å². The van der Waals surface area contributed by atoms with Gasteiger partial charge in [0, 0.05) is 31.0 Å². The molecule has 0 radical (unpaired) electrons. The summed E-state index contributed by atoms with van der Waals surface area (Å²) in [5.41, 5.74) is 1.11. The first kappa shape index (κ1) is 24.4. The first-order chi connectivity index (χ1) is 18.1. The van der Waals surface area contributed by atoms with Crippen molar-refractivity contribution >= 4 is 17.4 Å². The van der Waals surface area contributed by atoms with Crippen molar-refractivity contribution in [1.82, 2.24) is 14.5 Å². The zero-order valence-corrected chi connectivity index (χ0v) is 20.6. The summed E-state index contributed by atoms with van der Waals surface area (Å²) in [6.45, 7) is 4.36. The Hall–Kier alpha value is -4.27. The van der Waals surface area contributed by atoms with Crippen molar-refractivity contribution in [2.45, 2.75) is 32.4 Å². The Morgan fingerprint density at radius 3 is 2.73 bits per heavy atom. The molecule has 1 atom stereocenters. The average molecular weight is 504 g/mol. The summed E-state index contributed by atoms with van der Waals surface area (Å²) in [6, 6.07) is 11.6. The van der Waals surface area contributed by atoms with Crippen LogP contribution in [0.15, 0.2) is 66.8 Å². The molecular weight excluding hydrogens is 474 g/mol. The number of aryl methyl sites for hydroxylation is 1. The average Bonchev–Trinajstić information content (AvgIpc) is 3.54. The largest absolute Gasteiger partial charge is 0.507 e. The number of nitrogens with zero attached hydrogens (tertiary/aromatic N) is 3. The number of aromatic nitrogens is 2. The lowest BCUT2D eigenvalue weighted by Gasteiger charge is -2.26. The zero-order valence-electron chi connectivity index (χ0n) is 20.6. The molecule has 2 aliphatic heterocycles. The molecule has 0 spiro atoms. The summed E-state index contributed by atoms with van der Waals surface area (Å²) >= 11 is 0. The molecule has 9 heteroatoms. The van der Waals surface area contributed by atoms with Gasteiger partial charge in [-0.1, -0.05) is 19.1 Å². The molecule has 9 nitrogen and oxygen atoms in total. The molecule has 0 aliphatic carbocycles. The van der Waals surface area contributed by atoms with E-state index in [4.69, 9.17) is 14.2 Å². The van der Waals surface area contributed by atoms with Crippen molar-refractivity contribution in [1.29, 1.82) is 0 Å². The number of carbonyl (C=O) groups excluding carboxylic acids is 2. The number of imidazole rings is 1. The fourth-order valence-electron chi connectivity index (χ4n) is 4.64. The van der Waals surface area contributed by atoms with Gasteiger partial charge in [-0.2, -0.15) is 0 Å². The molecule has 1 saturated heterocycles. The molecule has 0 unspecified atom stereocenters. The van der Waals surface area contributed by atoms with Crippen molar-refractivity contribution < 1.29 is 28.9 Å². The third kappa shape index (κ3) is 5.02. The van der Waals surface area contributed by atoms with Gasteiger partial charge in [-0.25, -0.2) is 4.98 Å². The highest BCUT2D eigenvalue weighted by atomic mass is 16.6. The van der Waals surface area contributed by atoms with Crippen LogP contribution in [0.25, 0.3) is 5.76 Å². The monoisotopic (exact) mass is 503 g/mol. The fourth-order valence-corrected chi connectivity index (χ4v) is 4.64. The number of hydrogen-bond acceptors (Lipinski definition) is 7. The summed E-state index contributed by atoms with van der Waals surface area (Å²) in [4.78, 5) is 32.2. The topological polar surface area (TPSA) is 103 Å². The van der Waals surface area contributed by atoms with E-state index in [1.165, 1.54) is 4.90 Å². The molecule has 2 aliphatic rings. The van der Waals surface area contributed by atoms with E-state index in [1.54, 1.807) is 30.7 Å².